The Hall–Kier alpha value is -2.28. The van der Waals surface area contributed by atoms with Crippen molar-refractivity contribution in [3.05, 3.63) is 63.1 Å². The molecule has 1 heterocycles. The standard InChI is InChI=1S/C16H8F3NO2S/c17-16(18,19)8-2-1-3-9(6-8)20-14(21)12-7-4-10(11(23)5-7)13(12)15(20)22/h1-3,5-6,23H,4H2. The Morgan fingerprint density at radius 1 is 1.09 bits per heavy atom. The number of carbonyl (C=O) groups is 2. The second-order valence-electron chi connectivity index (χ2n) is 5.45. The van der Waals surface area contributed by atoms with Gasteiger partial charge in [0.1, 0.15) is 0 Å². The van der Waals surface area contributed by atoms with Gasteiger partial charge in [-0.15, -0.1) is 12.6 Å². The summed E-state index contributed by atoms with van der Waals surface area (Å²) in [5.74, 6) is -1.17. The van der Waals surface area contributed by atoms with E-state index in [-0.39, 0.29) is 11.3 Å². The smallest absolute Gasteiger partial charge is 0.268 e. The van der Waals surface area contributed by atoms with Crippen LogP contribution in [0.15, 0.2) is 57.5 Å². The van der Waals surface area contributed by atoms with Crippen LogP contribution >= 0.6 is 12.6 Å². The number of imide groups is 1. The molecule has 0 radical (unpaired) electrons. The number of hydrogen-bond acceptors (Lipinski definition) is 3. The van der Waals surface area contributed by atoms with Crippen molar-refractivity contribution in [3.8, 4) is 0 Å². The molecule has 0 N–H and O–H groups in total. The van der Waals surface area contributed by atoms with Crippen LogP contribution in [-0.2, 0) is 15.8 Å². The summed E-state index contributed by atoms with van der Waals surface area (Å²) < 4.78 is 38.5. The number of allylic oxidation sites excluding steroid dienone is 1. The number of alkyl halides is 3. The van der Waals surface area contributed by atoms with E-state index in [2.05, 4.69) is 12.6 Å². The van der Waals surface area contributed by atoms with Gasteiger partial charge in [0.15, 0.2) is 0 Å². The van der Waals surface area contributed by atoms with Crippen LogP contribution in [0.1, 0.15) is 12.0 Å². The van der Waals surface area contributed by atoms with Gasteiger partial charge < -0.3 is 0 Å². The molecule has 7 heteroatoms. The molecule has 3 nitrogen and oxygen atoms in total. The molecule has 2 amide bonds. The third-order valence-corrected chi connectivity index (χ3v) is 4.52. The summed E-state index contributed by atoms with van der Waals surface area (Å²) in [6.07, 6.45) is -2.34. The van der Waals surface area contributed by atoms with Gasteiger partial charge in [-0.3, -0.25) is 9.59 Å². The Bertz CT molecular complexity index is 893. The first kappa shape index (κ1) is 14.3. The Balaban J connectivity index is 1.79. The molecule has 4 rings (SSSR count). The summed E-state index contributed by atoms with van der Waals surface area (Å²) in [5, 5.41) is 0. The van der Waals surface area contributed by atoms with Crippen molar-refractivity contribution in [2.45, 2.75) is 12.6 Å². The maximum atomic E-state index is 12.8. The van der Waals surface area contributed by atoms with Crippen molar-refractivity contribution in [3.63, 3.8) is 0 Å². The van der Waals surface area contributed by atoms with Crippen LogP contribution in [0.5, 0.6) is 0 Å². The van der Waals surface area contributed by atoms with E-state index in [1.165, 1.54) is 12.1 Å². The number of thiol groups is 1. The lowest BCUT2D eigenvalue weighted by molar-refractivity contribution is -0.137. The molecule has 116 valence electrons. The lowest BCUT2D eigenvalue weighted by atomic mass is 10.1. The minimum atomic E-state index is -4.54. The Morgan fingerprint density at radius 3 is 2.48 bits per heavy atom. The maximum absolute atomic E-state index is 12.8. The van der Waals surface area contributed by atoms with Crippen LogP contribution in [0.4, 0.5) is 18.9 Å². The van der Waals surface area contributed by atoms with E-state index >= 15 is 0 Å². The molecule has 1 aliphatic heterocycles. The molecule has 0 spiro atoms. The minimum Gasteiger partial charge on any atom is -0.268 e. The monoisotopic (exact) mass is 335 g/mol. The van der Waals surface area contributed by atoms with Crippen molar-refractivity contribution in [1.29, 1.82) is 0 Å². The Morgan fingerprint density at radius 2 is 1.78 bits per heavy atom. The van der Waals surface area contributed by atoms with Gasteiger partial charge in [-0.25, -0.2) is 4.90 Å². The summed E-state index contributed by atoms with van der Waals surface area (Å²) in [7, 11) is 0. The zero-order chi connectivity index (χ0) is 16.5. The number of nitrogens with zero attached hydrogens (tertiary/aromatic N) is 1. The topological polar surface area (TPSA) is 37.4 Å². The fourth-order valence-electron chi connectivity index (χ4n) is 3.12. The molecule has 23 heavy (non-hydrogen) atoms. The van der Waals surface area contributed by atoms with Crippen LogP contribution < -0.4 is 4.90 Å². The third kappa shape index (κ3) is 1.86. The first-order valence-corrected chi connectivity index (χ1v) is 7.17. The van der Waals surface area contributed by atoms with Crippen LogP contribution in [0.25, 0.3) is 0 Å². The zero-order valence-electron chi connectivity index (χ0n) is 11.4. The van der Waals surface area contributed by atoms with E-state index < -0.39 is 23.6 Å². The molecular weight excluding hydrogens is 327 g/mol. The number of halogens is 3. The van der Waals surface area contributed by atoms with Crippen molar-refractivity contribution >= 4 is 30.1 Å². The number of fused-ring (bicyclic) bond motifs is 4. The van der Waals surface area contributed by atoms with E-state index in [9.17, 15) is 22.8 Å². The number of rotatable bonds is 1. The Labute approximate surface area is 134 Å². The highest BCUT2D eigenvalue weighted by atomic mass is 32.1. The number of amides is 2. The summed E-state index contributed by atoms with van der Waals surface area (Å²) in [6, 6.07) is 4.21. The van der Waals surface area contributed by atoms with Gasteiger partial charge in [-0.1, -0.05) is 6.07 Å². The van der Waals surface area contributed by atoms with E-state index in [4.69, 9.17) is 0 Å². The molecule has 0 saturated heterocycles. The van der Waals surface area contributed by atoms with E-state index in [0.29, 0.717) is 28.0 Å². The van der Waals surface area contributed by atoms with Crippen molar-refractivity contribution in [1.82, 2.24) is 0 Å². The van der Waals surface area contributed by atoms with Gasteiger partial charge in [0.2, 0.25) is 0 Å². The second-order valence-corrected chi connectivity index (χ2v) is 5.94. The highest BCUT2D eigenvalue weighted by molar-refractivity contribution is 7.84. The maximum Gasteiger partial charge on any atom is 0.416 e. The molecule has 2 bridgehead atoms. The van der Waals surface area contributed by atoms with Crippen molar-refractivity contribution in [2.75, 3.05) is 4.90 Å². The summed E-state index contributed by atoms with van der Waals surface area (Å²) in [5.41, 5.74) is 0.957. The van der Waals surface area contributed by atoms with Gasteiger partial charge in [0.05, 0.1) is 22.4 Å². The van der Waals surface area contributed by atoms with Crippen LogP contribution in [-0.4, -0.2) is 11.8 Å². The first-order chi connectivity index (χ1) is 10.8. The van der Waals surface area contributed by atoms with E-state index in [1.807, 2.05) is 0 Å². The van der Waals surface area contributed by atoms with Crippen LogP contribution in [0.2, 0.25) is 0 Å². The van der Waals surface area contributed by atoms with Gasteiger partial charge in [-0.2, -0.15) is 13.2 Å². The normalized spacial score (nSPS) is 20.0. The molecule has 2 aliphatic carbocycles. The quantitative estimate of drug-likeness (QED) is 0.631. The van der Waals surface area contributed by atoms with Crippen LogP contribution in [0, 0.1) is 0 Å². The van der Waals surface area contributed by atoms with Gasteiger partial charge in [0.25, 0.3) is 11.8 Å². The fraction of sp³-hybridized carbons (Fsp3) is 0.125. The zero-order valence-corrected chi connectivity index (χ0v) is 12.3. The molecule has 0 unspecified atom stereocenters. The van der Waals surface area contributed by atoms with Crippen molar-refractivity contribution in [2.24, 2.45) is 0 Å². The number of hydrogen-bond donors (Lipinski definition) is 1. The molecular formula is C16H8F3NO2S. The lowest BCUT2D eigenvalue weighted by Gasteiger charge is -2.18. The molecule has 0 atom stereocenters. The number of anilines is 1. The Kier molecular flexibility index (Phi) is 2.73. The largest absolute Gasteiger partial charge is 0.416 e. The molecule has 0 saturated carbocycles. The number of carbonyl (C=O) groups excluding carboxylic acids is 2. The molecule has 0 aromatic heterocycles. The van der Waals surface area contributed by atoms with E-state index in [1.54, 1.807) is 6.08 Å². The summed E-state index contributed by atoms with van der Waals surface area (Å²) in [4.78, 5) is 26.5. The average molecular weight is 335 g/mol. The van der Waals surface area contributed by atoms with Crippen LogP contribution in [0.3, 0.4) is 0 Å². The van der Waals surface area contributed by atoms with Gasteiger partial charge in [-0.05, 0) is 35.4 Å². The lowest BCUT2D eigenvalue weighted by Crippen LogP contribution is -2.32. The predicted octanol–water partition coefficient (Wildman–Crippen LogP) is 3.40. The highest BCUT2D eigenvalue weighted by Gasteiger charge is 2.48. The molecule has 1 aromatic carbocycles. The number of benzene rings is 1. The summed E-state index contributed by atoms with van der Waals surface area (Å²) in [6.45, 7) is 0. The minimum absolute atomic E-state index is 0.0782. The summed E-state index contributed by atoms with van der Waals surface area (Å²) >= 11 is 4.26. The highest BCUT2D eigenvalue weighted by Crippen LogP contribution is 2.50. The van der Waals surface area contributed by atoms with E-state index in [0.717, 1.165) is 17.0 Å². The SMILES string of the molecule is O=C1C2=C(C(=O)N1c1cccc(C(F)(F)F)c1)C1=C(S)C=C2C1. The second kappa shape index (κ2) is 4.38. The van der Waals surface area contributed by atoms with Gasteiger partial charge in [0, 0.05) is 11.3 Å². The fourth-order valence-corrected chi connectivity index (χ4v) is 3.47. The van der Waals surface area contributed by atoms with Crippen molar-refractivity contribution < 1.29 is 22.8 Å². The average Bonchev–Trinajstić information content (AvgIpc) is 3.10. The molecule has 3 aliphatic rings. The first-order valence-electron chi connectivity index (χ1n) is 6.73. The molecule has 1 aromatic rings. The predicted molar refractivity (Wildman–Crippen MR) is 79.7 cm³/mol. The molecule has 0 fully saturated rings. The van der Waals surface area contributed by atoms with Gasteiger partial charge >= 0.3 is 6.18 Å². The third-order valence-electron chi connectivity index (χ3n) is 4.13.